The largest absolute Gasteiger partial charge is 0.494 e. The lowest BCUT2D eigenvalue weighted by atomic mass is 10.2. The molecular weight excluding hydrogens is 254 g/mol. The van der Waals surface area contributed by atoms with Gasteiger partial charge in [-0.3, -0.25) is 0 Å². The van der Waals surface area contributed by atoms with Crippen LogP contribution < -0.4 is 14.8 Å². The number of nitrogens with one attached hydrogen (secondary N) is 1. The first-order valence-corrected chi connectivity index (χ1v) is 6.73. The Bertz CT molecular complexity index is 497. The summed E-state index contributed by atoms with van der Waals surface area (Å²) in [6.07, 6.45) is 1.68. The van der Waals surface area contributed by atoms with Gasteiger partial charge >= 0.3 is 0 Å². The van der Waals surface area contributed by atoms with Crippen molar-refractivity contribution in [2.24, 2.45) is 0 Å². The Morgan fingerprint density at radius 1 is 1.10 bits per heavy atom. The standard InChI is InChI=1S/C15H19N3O2/c1-3-19-13-7-5-6-12(10-13)11-17-15-16-9-8-14(18-15)20-4-2/h5-10H,3-4,11H2,1-2H3,(H,16,17,18). The van der Waals surface area contributed by atoms with Gasteiger partial charge in [-0.25, -0.2) is 4.98 Å². The summed E-state index contributed by atoms with van der Waals surface area (Å²) in [6.45, 7) is 5.78. The molecule has 0 radical (unpaired) electrons. The number of aromatic nitrogens is 2. The molecule has 0 amide bonds. The first-order valence-electron chi connectivity index (χ1n) is 6.73. The van der Waals surface area contributed by atoms with Gasteiger partial charge in [0, 0.05) is 18.8 Å². The van der Waals surface area contributed by atoms with Gasteiger partial charge in [-0.1, -0.05) is 12.1 Å². The first kappa shape index (κ1) is 14.1. The maximum absolute atomic E-state index is 5.47. The average molecular weight is 273 g/mol. The summed E-state index contributed by atoms with van der Waals surface area (Å²) in [5, 5.41) is 3.17. The third-order valence-corrected chi connectivity index (χ3v) is 2.58. The van der Waals surface area contributed by atoms with Crippen LogP contribution in [0.15, 0.2) is 36.5 Å². The molecule has 0 aliphatic rings. The minimum atomic E-state index is 0.553. The van der Waals surface area contributed by atoms with Crippen molar-refractivity contribution in [1.82, 2.24) is 9.97 Å². The van der Waals surface area contributed by atoms with E-state index >= 15 is 0 Å². The lowest BCUT2D eigenvalue weighted by Crippen LogP contribution is -2.05. The van der Waals surface area contributed by atoms with Gasteiger partial charge in [0.2, 0.25) is 11.8 Å². The Hall–Kier alpha value is -2.30. The SMILES string of the molecule is CCOc1cccc(CNc2nccc(OCC)n2)c1. The van der Waals surface area contributed by atoms with E-state index in [0.29, 0.717) is 31.6 Å². The van der Waals surface area contributed by atoms with Gasteiger partial charge in [-0.15, -0.1) is 0 Å². The summed E-state index contributed by atoms with van der Waals surface area (Å²) in [5.74, 6) is 2.00. The first-order chi connectivity index (χ1) is 9.81. The maximum atomic E-state index is 5.47. The van der Waals surface area contributed by atoms with Crippen molar-refractivity contribution in [3.05, 3.63) is 42.1 Å². The molecule has 0 atom stereocenters. The van der Waals surface area contributed by atoms with Gasteiger partial charge in [-0.2, -0.15) is 4.98 Å². The molecule has 0 unspecified atom stereocenters. The van der Waals surface area contributed by atoms with Crippen molar-refractivity contribution in [1.29, 1.82) is 0 Å². The molecule has 106 valence electrons. The Kier molecular flexibility index (Phi) is 5.17. The minimum Gasteiger partial charge on any atom is -0.494 e. The fourth-order valence-corrected chi connectivity index (χ4v) is 1.75. The van der Waals surface area contributed by atoms with E-state index < -0.39 is 0 Å². The van der Waals surface area contributed by atoms with E-state index in [1.165, 1.54) is 0 Å². The van der Waals surface area contributed by atoms with Crippen molar-refractivity contribution in [2.45, 2.75) is 20.4 Å². The maximum Gasteiger partial charge on any atom is 0.226 e. The van der Waals surface area contributed by atoms with E-state index in [1.54, 1.807) is 12.3 Å². The zero-order valence-electron chi connectivity index (χ0n) is 11.8. The van der Waals surface area contributed by atoms with E-state index in [-0.39, 0.29) is 0 Å². The molecule has 1 aromatic carbocycles. The number of benzene rings is 1. The second-order valence-electron chi connectivity index (χ2n) is 4.09. The topological polar surface area (TPSA) is 56.3 Å². The summed E-state index contributed by atoms with van der Waals surface area (Å²) in [7, 11) is 0. The van der Waals surface area contributed by atoms with Crippen LogP contribution in [0.2, 0.25) is 0 Å². The van der Waals surface area contributed by atoms with Gasteiger partial charge in [0.25, 0.3) is 0 Å². The predicted octanol–water partition coefficient (Wildman–Crippen LogP) is 2.89. The normalized spacial score (nSPS) is 10.1. The summed E-state index contributed by atoms with van der Waals surface area (Å²) in [4.78, 5) is 8.42. The summed E-state index contributed by atoms with van der Waals surface area (Å²) >= 11 is 0. The van der Waals surface area contributed by atoms with E-state index in [1.807, 2.05) is 38.1 Å². The van der Waals surface area contributed by atoms with E-state index in [4.69, 9.17) is 9.47 Å². The van der Waals surface area contributed by atoms with Crippen molar-refractivity contribution in [3.63, 3.8) is 0 Å². The zero-order valence-corrected chi connectivity index (χ0v) is 11.8. The molecule has 0 saturated carbocycles. The highest BCUT2D eigenvalue weighted by atomic mass is 16.5. The Labute approximate surface area is 119 Å². The second kappa shape index (κ2) is 7.33. The van der Waals surface area contributed by atoms with Gasteiger partial charge < -0.3 is 14.8 Å². The van der Waals surface area contributed by atoms with Crippen molar-refractivity contribution >= 4 is 5.95 Å². The lowest BCUT2D eigenvalue weighted by Gasteiger charge is -2.08. The molecule has 0 spiro atoms. The monoisotopic (exact) mass is 273 g/mol. The minimum absolute atomic E-state index is 0.553. The van der Waals surface area contributed by atoms with Crippen molar-refractivity contribution in [2.75, 3.05) is 18.5 Å². The van der Waals surface area contributed by atoms with Crippen LogP contribution in [-0.2, 0) is 6.54 Å². The van der Waals surface area contributed by atoms with Gasteiger partial charge in [-0.05, 0) is 31.5 Å². The van der Waals surface area contributed by atoms with Crippen molar-refractivity contribution in [3.8, 4) is 11.6 Å². The molecule has 0 saturated heterocycles. The fourth-order valence-electron chi connectivity index (χ4n) is 1.75. The molecule has 20 heavy (non-hydrogen) atoms. The highest BCUT2D eigenvalue weighted by molar-refractivity contribution is 5.33. The highest BCUT2D eigenvalue weighted by Gasteiger charge is 2.01. The Morgan fingerprint density at radius 2 is 1.95 bits per heavy atom. The number of nitrogens with zero attached hydrogens (tertiary/aromatic N) is 2. The molecule has 2 rings (SSSR count). The van der Waals surface area contributed by atoms with Gasteiger partial charge in [0.05, 0.1) is 13.2 Å². The second-order valence-corrected chi connectivity index (χ2v) is 4.09. The van der Waals surface area contributed by atoms with Crippen LogP contribution in [0, 0.1) is 0 Å². The van der Waals surface area contributed by atoms with Crippen LogP contribution in [0.4, 0.5) is 5.95 Å². The van der Waals surface area contributed by atoms with E-state index in [2.05, 4.69) is 15.3 Å². The van der Waals surface area contributed by atoms with Crippen LogP contribution in [0.25, 0.3) is 0 Å². The molecule has 1 aromatic heterocycles. The van der Waals surface area contributed by atoms with Crippen LogP contribution in [0.3, 0.4) is 0 Å². The molecule has 0 aliphatic carbocycles. The number of ether oxygens (including phenoxy) is 2. The number of anilines is 1. The van der Waals surface area contributed by atoms with Crippen LogP contribution >= 0.6 is 0 Å². The van der Waals surface area contributed by atoms with Gasteiger partial charge in [0.1, 0.15) is 5.75 Å². The molecule has 1 N–H and O–H groups in total. The predicted molar refractivity (Wildman–Crippen MR) is 78.1 cm³/mol. The smallest absolute Gasteiger partial charge is 0.226 e. The lowest BCUT2D eigenvalue weighted by molar-refractivity contribution is 0.326. The van der Waals surface area contributed by atoms with Gasteiger partial charge in [0.15, 0.2) is 0 Å². The highest BCUT2D eigenvalue weighted by Crippen LogP contribution is 2.15. The molecule has 2 aromatic rings. The Balaban J connectivity index is 1.97. The van der Waals surface area contributed by atoms with Crippen LogP contribution in [-0.4, -0.2) is 23.2 Å². The fraction of sp³-hybridized carbons (Fsp3) is 0.333. The average Bonchev–Trinajstić information content (AvgIpc) is 2.47. The molecule has 5 heteroatoms. The summed E-state index contributed by atoms with van der Waals surface area (Å²) < 4.78 is 10.8. The molecule has 0 aliphatic heterocycles. The molecule has 0 bridgehead atoms. The molecule has 1 heterocycles. The Morgan fingerprint density at radius 3 is 2.75 bits per heavy atom. The van der Waals surface area contributed by atoms with E-state index in [0.717, 1.165) is 11.3 Å². The summed E-state index contributed by atoms with van der Waals surface area (Å²) in [6, 6.07) is 9.69. The van der Waals surface area contributed by atoms with Crippen LogP contribution in [0.5, 0.6) is 11.6 Å². The molecular formula is C15H19N3O2. The van der Waals surface area contributed by atoms with E-state index in [9.17, 15) is 0 Å². The summed E-state index contributed by atoms with van der Waals surface area (Å²) in [5.41, 5.74) is 1.11. The number of hydrogen-bond acceptors (Lipinski definition) is 5. The molecule has 0 fully saturated rings. The van der Waals surface area contributed by atoms with Crippen molar-refractivity contribution < 1.29 is 9.47 Å². The van der Waals surface area contributed by atoms with Crippen LogP contribution in [0.1, 0.15) is 19.4 Å². The number of hydrogen-bond donors (Lipinski definition) is 1. The zero-order chi connectivity index (χ0) is 14.2. The number of rotatable bonds is 7. The third-order valence-electron chi connectivity index (χ3n) is 2.58. The quantitative estimate of drug-likeness (QED) is 0.840. The third kappa shape index (κ3) is 4.12. The molecule has 5 nitrogen and oxygen atoms in total.